The molecule has 7 rings (SSSR count). The maximum absolute atomic E-state index is 16.1. The summed E-state index contributed by atoms with van der Waals surface area (Å²) in [5, 5.41) is -5.84. The summed E-state index contributed by atoms with van der Waals surface area (Å²) in [6, 6.07) is 22.1. The molecule has 9 atom stereocenters. The van der Waals surface area contributed by atoms with E-state index in [1.165, 1.54) is 72.8 Å². The maximum Gasteiger partial charge on any atom is 0.432 e. The fourth-order valence-electron chi connectivity index (χ4n) is 11.6. The van der Waals surface area contributed by atoms with Crippen LogP contribution in [0.2, 0.25) is 0 Å². The molecule has 0 radical (unpaired) electrons. The summed E-state index contributed by atoms with van der Waals surface area (Å²) in [5.41, 5.74) is -1.02. The summed E-state index contributed by atoms with van der Waals surface area (Å²) < 4.78 is 118. The van der Waals surface area contributed by atoms with Crippen LogP contribution in [0.3, 0.4) is 0 Å². The standard InChI is InChI=1S/C49H55F5O10S2/c1-31(37-22-23-38-44-39(30-41(57)47(37,38)3)46(2)26-25-33(55)28-32(46)29-40(44)56)21-24-42(58)62-27-13-20-43(59)63-45(48(50,51)52)49(53,54)66(60,61)64-65(34-14-7-4-8-15-34,35-16-9-5-10-17-35)36-18-11-6-12-19-36/h4-12,14-19,31-32,37-39,44-45H,13,20-30H2,1-3H3. The van der Waals surface area contributed by atoms with Crippen LogP contribution in [0.15, 0.2) is 106 Å². The zero-order chi connectivity index (χ0) is 47.9. The van der Waals surface area contributed by atoms with Crippen molar-refractivity contribution in [3.05, 3.63) is 91.0 Å². The number of benzene rings is 3. The van der Waals surface area contributed by atoms with Crippen LogP contribution in [0.1, 0.15) is 91.4 Å². The van der Waals surface area contributed by atoms with Crippen LogP contribution in [0.4, 0.5) is 22.0 Å². The average molecular weight is 963 g/mol. The fraction of sp³-hybridized carbons (Fsp3) is 0.531. The van der Waals surface area contributed by atoms with Crippen LogP contribution in [-0.4, -0.2) is 61.8 Å². The number of hydrogen-bond donors (Lipinski definition) is 0. The fourth-order valence-corrected chi connectivity index (χ4v) is 16.9. The first-order valence-electron chi connectivity index (χ1n) is 22.4. The van der Waals surface area contributed by atoms with E-state index in [9.17, 15) is 45.6 Å². The Hall–Kier alpha value is -4.48. The highest BCUT2D eigenvalue weighted by molar-refractivity contribution is 8.33. The minimum absolute atomic E-state index is 0.0449. The first-order chi connectivity index (χ1) is 31.1. The summed E-state index contributed by atoms with van der Waals surface area (Å²) in [6.45, 7) is 5.56. The normalized spacial score (nSPS) is 28.1. The van der Waals surface area contributed by atoms with Gasteiger partial charge in [-0.2, -0.15) is 30.4 Å². The number of Topliss-reactive ketones (excluding diaryl/α,β-unsaturated/α-hetero) is 3. The van der Waals surface area contributed by atoms with Crippen molar-refractivity contribution < 1.29 is 67.4 Å². The van der Waals surface area contributed by atoms with E-state index in [0.717, 1.165) is 0 Å². The summed E-state index contributed by atoms with van der Waals surface area (Å²) in [7, 11) is -10.3. The molecular weight excluding hydrogens is 908 g/mol. The zero-order valence-corrected chi connectivity index (χ0v) is 38.6. The van der Waals surface area contributed by atoms with Gasteiger partial charge in [-0.15, -0.1) is 0 Å². The minimum Gasteiger partial charge on any atom is -0.466 e. The molecule has 0 bridgehead atoms. The molecule has 4 fully saturated rings. The number of fused-ring (bicyclic) bond motifs is 5. The molecule has 0 aliphatic heterocycles. The van der Waals surface area contributed by atoms with Crippen LogP contribution in [0, 0.1) is 46.3 Å². The lowest BCUT2D eigenvalue weighted by atomic mass is 9.44. The lowest BCUT2D eigenvalue weighted by Gasteiger charge is -2.58. The second-order valence-corrected chi connectivity index (χ2v) is 23.3. The summed E-state index contributed by atoms with van der Waals surface area (Å²) in [5.74, 6) is -2.87. The van der Waals surface area contributed by atoms with Crippen molar-refractivity contribution in [1.82, 2.24) is 0 Å². The van der Waals surface area contributed by atoms with E-state index in [1.807, 2.05) is 13.8 Å². The molecule has 0 saturated heterocycles. The van der Waals surface area contributed by atoms with Gasteiger partial charge in [0, 0.05) is 64.5 Å². The van der Waals surface area contributed by atoms with Crippen molar-refractivity contribution in [2.24, 2.45) is 46.3 Å². The van der Waals surface area contributed by atoms with E-state index < -0.39 is 74.8 Å². The van der Waals surface area contributed by atoms with E-state index in [0.29, 0.717) is 44.9 Å². The zero-order valence-electron chi connectivity index (χ0n) is 37.0. The Morgan fingerprint density at radius 2 is 1.32 bits per heavy atom. The van der Waals surface area contributed by atoms with Gasteiger partial charge in [0.15, 0.2) is 0 Å². The molecule has 17 heteroatoms. The minimum atomic E-state index is -6.58. The highest BCUT2D eigenvalue weighted by atomic mass is 32.3. The first kappa shape index (κ1) is 49.4. The summed E-state index contributed by atoms with van der Waals surface area (Å²) >= 11 is 0. The van der Waals surface area contributed by atoms with Gasteiger partial charge in [0.2, 0.25) is 0 Å². The Labute approximate surface area is 383 Å². The molecule has 4 aliphatic carbocycles. The molecule has 3 aromatic carbocycles. The van der Waals surface area contributed by atoms with E-state index in [4.69, 9.17) is 8.37 Å². The molecule has 0 aromatic heterocycles. The van der Waals surface area contributed by atoms with Crippen molar-refractivity contribution >= 4 is 49.7 Å². The van der Waals surface area contributed by atoms with Gasteiger partial charge in [0.1, 0.15) is 17.3 Å². The molecule has 9 unspecified atom stereocenters. The van der Waals surface area contributed by atoms with Gasteiger partial charge in [-0.3, -0.25) is 24.0 Å². The largest absolute Gasteiger partial charge is 0.466 e. The average Bonchev–Trinajstić information content (AvgIpc) is 3.65. The van der Waals surface area contributed by atoms with Crippen molar-refractivity contribution in [3.63, 3.8) is 0 Å². The van der Waals surface area contributed by atoms with Gasteiger partial charge in [-0.25, -0.2) is 3.63 Å². The van der Waals surface area contributed by atoms with Crippen LogP contribution in [-0.2, 0) is 47.2 Å². The summed E-state index contributed by atoms with van der Waals surface area (Å²) in [4.78, 5) is 65.9. The summed E-state index contributed by atoms with van der Waals surface area (Å²) in [6.07, 6.45) is -8.12. The predicted molar refractivity (Wildman–Crippen MR) is 232 cm³/mol. The Balaban J connectivity index is 0.952. The molecule has 358 valence electrons. The number of ether oxygens (including phenoxy) is 2. The van der Waals surface area contributed by atoms with Gasteiger partial charge >= 0.3 is 33.5 Å². The number of halogens is 5. The molecule has 4 saturated carbocycles. The number of carbonyl (C=O) groups is 5. The molecule has 3 aromatic rings. The van der Waals surface area contributed by atoms with Crippen LogP contribution < -0.4 is 0 Å². The Kier molecular flexibility index (Phi) is 14.2. The lowest BCUT2D eigenvalue weighted by Crippen LogP contribution is -2.60. The molecule has 0 spiro atoms. The predicted octanol–water partition coefficient (Wildman–Crippen LogP) is 10.6. The van der Waals surface area contributed by atoms with Crippen molar-refractivity contribution in [2.75, 3.05) is 6.61 Å². The van der Waals surface area contributed by atoms with Gasteiger partial charge in [0.05, 0.1) is 6.61 Å². The van der Waals surface area contributed by atoms with Crippen molar-refractivity contribution in [1.29, 1.82) is 0 Å². The first-order valence-corrected chi connectivity index (χ1v) is 25.4. The van der Waals surface area contributed by atoms with Gasteiger partial charge in [-0.05, 0) is 114 Å². The number of ketones is 3. The highest BCUT2D eigenvalue weighted by Crippen LogP contribution is 2.71. The lowest BCUT2D eigenvalue weighted by molar-refractivity contribution is -0.259. The molecule has 66 heavy (non-hydrogen) atoms. The second kappa shape index (κ2) is 18.9. The molecule has 0 heterocycles. The Morgan fingerprint density at radius 3 is 1.86 bits per heavy atom. The molecule has 10 nitrogen and oxygen atoms in total. The highest BCUT2D eigenvalue weighted by Gasteiger charge is 2.69. The molecule has 4 aliphatic rings. The number of carbonyl (C=O) groups excluding carboxylic acids is 5. The monoisotopic (exact) mass is 962 g/mol. The smallest absolute Gasteiger partial charge is 0.432 e. The maximum atomic E-state index is 16.1. The number of alkyl halides is 5. The van der Waals surface area contributed by atoms with Crippen molar-refractivity contribution in [2.45, 2.75) is 124 Å². The third-order valence-electron chi connectivity index (χ3n) is 15.1. The van der Waals surface area contributed by atoms with Crippen molar-refractivity contribution in [3.8, 4) is 0 Å². The number of rotatable bonds is 16. The Morgan fingerprint density at radius 1 is 0.758 bits per heavy atom. The van der Waals surface area contributed by atoms with Gasteiger partial charge < -0.3 is 9.47 Å². The molecule has 0 amide bonds. The van der Waals surface area contributed by atoms with Crippen LogP contribution >= 0.6 is 10.3 Å². The Bertz CT molecular complexity index is 2300. The van der Waals surface area contributed by atoms with E-state index in [1.54, 1.807) is 18.2 Å². The molecular formula is C49H55F5O10S2. The van der Waals surface area contributed by atoms with E-state index >= 15 is 8.78 Å². The SMILES string of the molecule is CC(CCC(=O)OCCCC(=O)OC(C(F)(F)F)C(F)(F)S(=O)(=O)OS(c1ccccc1)(c1ccccc1)c1ccccc1)C1CCC2C3C(=O)CC4CC(=O)CCC4(C)C3CC(=O)C12C. The number of hydrogen-bond acceptors (Lipinski definition) is 10. The quantitative estimate of drug-likeness (QED) is 0.0772. The van der Waals surface area contributed by atoms with Crippen LogP contribution in [0.25, 0.3) is 0 Å². The second-order valence-electron chi connectivity index (χ2n) is 18.8. The van der Waals surface area contributed by atoms with E-state index in [-0.39, 0.29) is 85.8 Å². The molecule has 0 N–H and O–H groups in total. The van der Waals surface area contributed by atoms with E-state index in [2.05, 4.69) is 11.7 Å². The number of esters is 2. The van der Waals surface area contributed by atoms with Gasteiger partial charge in [0.25, 0.3) is 6.10 Å². The third kappa shape index (κ3) is 9.12. The topological polar surface area (TPSA) is 147 Å². The third-order valence-corrected chi connectivity index (χ3v) is 20.3. The van der Waals surface area contributed by atoms with Gasteiger partial charge in [-0.1, -0.05) is 75.4 Å². The van der Waals surface area contributed by atoms with Crippen LogP contribution in [0.5, 0.6) is 0 Å².